The van der Waals surface area contributed by atoms with Gasteiger partial charge in [-0.05, 0) is 51.3 Å². The summed E-state index contributed by atoms with van der Waals surface area (Å²) in [4.78, 5) is 0. The van der Waals surface area contributed by atoms with Gasteiger partial charge >= 0.3 is 0 Å². The first-order valence-electron chi connectivity index (χ1n) is 7.29. The van der Waals surface area contributed by atoms with Crippen molar-refractivity contribution in [3.05, 3.63) is 34.4 Å². The van der Waals surface area contributed by atoms with E-state index in [1.54, 1.807) is 7.11 Å². The van der Waals surface area contributed by atoms with Crippen LogP contribution in [0.2, 0.25) is 0 Å². The molecule has 0 aliphatic heterocycles. The largest absolute Gasteiger partial charge is 0.389 e. The van der Waals surface area contributed by atoms with Crippen LogP contribution < -0.4 is 5.32 Å². The lowest BCUT2D eigenvalue weighted by atomic mass is 9.94. The van der Waals surface area contributed by atoms with Crippen LogP contribution in [0, 0.1) is 20.8 Å². The Morgan fingerprint density at radius 1 is 1.25 bits per heavy atom. The minimum Gasteiger partial charge on any atom is -0.389 e. The number of hydrogen-bond acceptors (Lipinski definition) is 3. The van der Waals surface area contributed by atoms with Gasteiger partial charge in [0, 0.05) is 32.7 Å². The summed E-state index contributed by atoms with van der Waals surface area (Å²) in [6.07, 6.45) is 0.634. The van der Waals surface area contributed by atoms with Crippen molar-refractivity contribution < 1.29 is 9.84 Å². The molecule has 2 atom stereocenters. The molecule has 1 aromatic carbocycles. The van der Waals surface area contributed by atoms with Crippen LogP contribution in [0.4, 0.5) is 0 Å². The highest BCUT2D eigenvalue weighted by atomic mass is 16.5. The number of hydrogen-bond donors (Lipinski definition) is 2. The zero-order valence-corrected chi connectivity index (χ0v) is 13.7. The molecule has 2 unspecified atom stereocenters. The fourth-order valence-corrected chi connectivity index (χ4v) is 2.76. The predicted molar refractivity (Wildman–Crippen MR) is 84.2 cm³/mol. The molecule has 0 saturated carbocycles. The van der Waals surface area contributed by atoms with Crippen LogP contribution in [0.3, 0.4) is 0 Å². The average molecular weight is 279 g/mol. The first-order valence-corrected chi connectivity index (χ1v) is 7.29. The van der Waals surface area contributed by atoms with E-state index in [1.807, 2.05) is 6.92 Å². The van der Waals surface area contributed by atoms with E-state index in [0.29, 0.717) is 19.6 Å². The maximum absolute atomic E-state index is 10.3. The summed E-state index contributed by atoms with van der Waals surface area (Å²) in [7, 11) is 1.66. The van der Waals surface area contributed by atoms with E-state index in [-0.39, 0.29) is 6.04 Å². The number of aryl methyl sites for hydroxylation is 3. The maximum atomic E-state index is 10.3. The van der Waals surface area contributed by atoms with Crippen molar-refractivity contribution in [2.45, 2.75) is 52.7 Å². The number of ether oxygens (including phenoxy) is 1. The molecular formula is C17H29NO2. The minimum absolute atomic E-state index is 0.226. The summed E-state index contributed by atoms with van der Waals surface area (Å²) in [5.41, 5.74) is 4.50. The van der Waals surface area contributed by atoms with Crippen LogP contribution in [0.25, 0.3) is 0 Å². The van der Waals surface area contributed by atoms with Gasteiger partial charge in [-0.15, -0.1) is 0 Å². The third-order valence-electron chi connectivity index (χ3n) is 3.80. The van der Waals surface area contributed by atoms with Crippen molar-refractivity contribution in [1.29, 1.82) is 0 Å². The Kier molecular flexibility index (Phi) is 6.18. The van der Waals surface area contributed by atoms with E-state index in [2.05, 4.69) is 45.1 Å². The molecule has 0 aromatic heterocycles. The SMILES string of the molecule is COCCC(C)(O)CNC(C)c1c(C)cc(C)cc1C. The molecule has 0 spiro atoms. The summed E-state index contributed by atoms with van der Waals surface area (Å²) < 4.78 is 5.03. The molecule has 0 saturated heterocycles. The standard InChI is InChI=1S/C17H29NO2/c1-12-9-13(2)16(14(3)10-12)15(4)18-11-17(5,19)7-8-20-6/h9-10,15,18-19H,7-8,11H2,1-6H3. The lowest BCUT2D eigenvalue weighted by molar-refractivity contribution is 0.0231. The fraction of sp³-hybridized carbons (Fsp3) is 0.647. The van der Waals surface area contributed by atoms with Crippen molar-refractivity contribution in [3.63, 3.8) is 0 Å². The summed E-state index contributed by atoms with van der Waals surface area (Å²) in [5.74, 6) is 0. The maximum Gasteiger partial charge on any atom is 0.0765 e. The van der Waals surface area contributed by atoms with E-state index in [4.69, 9.17) is 4.74 Å². The first-order chi connectivity index (χ1) is 9.26. The fourth-order valence-electron chi connectivity index (χ4n) is 2.76. The predicted octanol–water partition coefficient (Wildman–Crippen LogP) is 3.05. The monoisotopic (exact) mass is 279 g/mol. The summed E-state index contributed by atoms with van der Waals surface area (Å²) in [6.45, 7) is 11.6. The Balaban J connectivity index is 2.70. The van der Waals surface area contributed by atoms with Crippen LogP contribution in [0.15, 0.2) is 12.1 Å². The molecule has 1 rings (SSSR count). The van der Waals surface area contributed by atoms with Crippen molar-refractivity contribution >= 4 is 0 Å². The van der Waals surface area contributed by atoms with Gasteiger partial charge in [0.25, 0.3) is 0 Å². The first kappa shape index (κ1) is 17.2. The van der Waals surface area contributed by atoms with Crippen LogP contribution in [0.1, 0.15) is 48.6 Å². The number of nitrogens with one attached hydrogen (secondary N) is 1. The van der Waals surface area contributed by atoms with Crippen molar-refractivity contribution in [2.75, 3.05) is 20.3 Å². The second kappa shape index (κ2) is 7.21. The van der Waals surface area contributed by atoms with Gasteiger partial charge < -0.3 is 15.2 Å². The van der Waals surface area contributed by atoms with Gasteiger partial charge in [0.15, 0.2) is 0 Å². The van der Waals surface area contributed by atoms with Gasteiger partial charge in [-0.25, -0.2) is 0 Å². The lowest BCUT2D eigenvalue weighted by Crippen LogP contribution is -2.40. The molecule has 0 bridgehead atoms. The van der Waals surface area contributed by atoms with Crippen LogP contribution in [0.5, 0.6) is 0 Å². The zero-order valence-electron chi connectivity index (χ0n) is 13.7. The molecule has 3 heteroatoms. The zero-order chi connectivity index (χ0) is 15.3. The van der Waals surface area contributed by atoms with Crippen LogP contribution in [-0.2, 0) is 4.74 Å². The molecule has 0 radical (unpaired) electrons. The highest BCUT2D eigenvalue weighted by Crippen LogP contribution is 2.23. The number of benzene rings is 1. The Hall–Kier alpha value is -0.900. The van der Waals surface area contributed by atoms with Gasteiger partial charge in [0.1, 0.15) is 0 Å². The lowest BCUT2D eigenvalue weighted by Gasteiger charge is -2.27. The van der Waals surface area contributed by atoms with E-state index >= 15 is 0 Å². The molecule has 20 heavy (non-hydrogen) atoms. The Morgan fingerprint density at radius 2 is 1.80 bits per heavy atom. The second-order valence-corrected chi connectivity index (χ2v) is 6.15. The van der Waals surface area contributed by atoms with E-state index in [1.165, 1.54) is 22.3 Å². The highest BCUT2D eigenvalue weighted by Gasteiger charge is 2.21. The van der Waals surface area contributed by atoms with E-state index in [9.17, 15) is 5.11 Å². The number of aliphatic hydroxyl groups is 1. The van der Waals surface area contributed by atoms with E-state index in [0.717, 1.165) is 0 Å². The quantitative estimate of drug-likeness (QED) is 0.806. The molecule has 1 aromatic rings. The van der Waals surface area contributed by atoms with Gasteiger partial charge in [0.2, 0.25) is 0 Å². The minimum atomic E-state index is -0.739. The Morgan fingerprint density at radius 3 is 2.30 bits per heavy atom. The molecule has 0 heterocycles. The smallest absolute Gasteiger partial charge is 0.0765 e. The van der Waals surface area contributed by atoms with Gasteiger partial charge in [-0.3, -0.25) is 0 Å². The second-order valence-electron chi connectivity index (χ2n) is 6.15. The summed E-state index contributed by atoms with van der Waals surface area (Å²) >= 11 is 0. The van der Waals surface area contributed by atoms with E-state index < -0.39 is 5.60 Å². The van der Waals surface area contributed by atoms with Crippen LogP contribution >= 0.6 is 0 Å². The topological polar surface area (TPSA) is 41.5 Å². The molecule has 0 fully saturated rings. The average Bonchev–Trinajstić information content (AvgIpc) is 2.33. The molecule has 0 amide bonds. The van der Waals surface area contributed by atoms with Crippen LogP contribution in [-0.4, -0.2) is 31.0 Å². The molecule has 2 N–H and O–H groups in total. The van der Waals surface area contributed by atoms with Crippen molar-refractivity contribution in [3.8, 4) is 0 Å². The number of methoxy groups -OCH3 is 1. The van der Waals surface area contributed by atoms with Gasteiger partial charge in [-0.2, -0.15) is 0 Å². The molecule has 114 valence electrons. The van der Waals surface area contributed by atoms with Crippen molar-refractivity contribution in [1.82, 2.24) is 5.32 Å². The molecule has 3 nitrogen and oxygen atoms in total. The summed E-state index contributed by atoms with van der Waals surface area (Å²) in [5, 5.41) is 13.7. The van der Waals surface area contributed by atoms with Crippen molar-refractivity contribution in [2.24, 2.45) is 0 Å². The third kappa shape index (κ3) is 4.89. The highest BCUT2D eigenvalue weighted by molar-refractivity contribution is 5.39. The van der Waals surface area contributed by atoms with Gasteiger partial charge in [0.05, 0.1) is 5.60 Å². The summed E-state index contributed by atoms with van der Waals surface area (Å²) in [6, 6.07) is 4.65. The Bertz CT molecular complexity index is 418. The normalized spacial score (nSPS) is 15.9. The number of rotatable bonds is 7. The third-order valence-corrected chi connectivity index (χ3v) is 3.80. The molecular weight excluding hydrogens is 250 g/mol. The van der Waals surface area contributed by atoms with Gasteiger partial charge in [-0.1, -0.05) is 17.7 Å². The molecule has 0 aliphatic rings. The molecule has 0 aliphatic carbocycles. The Labute approximate surface area is 123 Å².